The number of rotatable bonds is 0. The monoisotopic (exact) mass is 310 g/mol. The molecule has 2 aromatic rings. The molecule has 5 rings (SSSR count). The van der Waals surface area contributed by atoms with E-state index in [0.717, 1.165) is 25.9 Å². The van der Waals surface area contributed by atoms with Crippen LogP contribution in [0.15, 0.2) is 24.3 Å². The highest BCUT2D eigenvalue weighted by Gasteiger charge is 2.45. The van der Waals surface area contributed by atoms with Crippen molar-refractivity contribution in [2.45, 2.75) is 38.3 Å². The van der Waals surface area contributed by atoms with Gasteiger partial charge in [-0.2, -0.15) is 0 Å². The van der Waals surface area contributed by atoms with Crippen LogP contribution >= 0.6 is 0 Å². The highest BCUT2D eigenvalue weighted by atomic mass is 16.5. The Balaban J connectivity index is 1.54. The van der Waals surface area contributed by atoms with E-state index in [1.807, 2.05) is 0 Å². The molecule has 2 saturated heterocycles. The van der Waals surface area contributed by atoms with Crippen LogP contribution in [0, 0.1) is 11.8 Å². The van der Waals surface area contributed by atoms with Crippen molar-refractivity contribution in [3.8, 4) is 0 Å². The molecule has 23 heavy (non-hydrogen) atoms. The fraction of sp³-hybridized carbons (Fsp3) is 0.526. The Bertz CT molecular complexity index is 781. The lowest BCUT2D eigenvalue weighted by Gasteiger charge is -2.49. The summed E-state index contributed by atoms with van der Waals surface area (Å²) in [5.41, 5.74) is 4.13. The summed E-state index contributed by atoms with van der Waals surface area (Å²) in [5.74, 6) is 0.944. The molecular weight excluding hydrogens is 288 g/mol. The number of nitrogens with zero attached hydrogens (tertiary/aromatic N) is 1. The van der Waals surface area contributed by atoms with Gasteiger partial charge in [0.1, 0.15) is 6.10 Å². The first-order chi connectivity index (χ1) is 11.2. The van der Waals surface area contributed by atoms with Crippen molar-refractivity contribution in [1.82, 2.24) is 9.88 Å². The summed E-state index contributed by atoms with van der Waals surface area (Å²) in [7, 11) is 0. The number of fused-ring (bicyclic) bond motifs is 6. The number of H-pyrrole nitrogens is 1. The van der Waals surface area contributed by atoms with Crippen LogP contribution in [0.4, 0.5) is 0 Å². The fourth-order valence-electron chi connectivity index (χ4n) is 5.06. The number of carbonyl (C=O) groups is 1. The van der Waals surface area contributed by atoms with Gasteiger partial charge >= 0.3 is 5.97 Å². The molecule has 0 unspecified atom stereocenters. The molecule has 0 amide bonds. The predicted octanol–water partition coefficient (Wildman–Crippen LogP) is 3.04. The van der Waals surface area contributed by atoms with E-state index in [1.54, 1.807) is 0 Å². The summed E-state index contributed by atoms with van der Waals surface area (Å²) >= 11 is 0. The Kier molecular flexibility index (Phi) is 2.87. The maximum Gasteiger partial charge on any atom is 0.306 e. The third kappa shape index (κ3) is 1.97. The predicted molar refractivity (Wildman–Crippen MR) is 88.1 cm³/mol. The SMILES string of the molecule is C[C@H]1OC(=O)C[C@H]2C[C@H]3c4[nH]c5ccccc5c4CCN3C[C@@H]21. The Morgan fingerprint density at radius 1 is 1.30 bits per heavy atom. The molecule has 1 aromatic heterocycles. The van der Waals surface area contributed by atoms with Gasteiger partial charge in [0.25, 0.3) is 0 Å². The molecule has 4 heterocycles. The molecule has 0 aliphatic carbocycles. The van der Waals surface area contributed by atoms with Crippen molar-refractivity contribution in [3.05, 3.63) is 35.5 Å². The van der Waals surface area contributed by atoms with Crippen LogP contribution in [-0.4, -0.2) is 35.0 Å². The zero-order chi connectivity index (χ0) is 15.6. The van der Waals surface area contributed by atoms with Gasteiger partial charge in [-0.25, -0.2) is 0 Å². The van der Waals surface area contributed by atoms with E-state index in [1.165, 1.54) is 22.2 Å². The Labute approximate surface area is 135 Å². The van der Waals surface area contributed by atoms with Gasteiger partial charge in [0.05, 0.1) is 6.04 Å². The lowest BCUT2D eigenvalue weighted by atomic mass is 9.74. The van der Waals surface area contributed by atoms with Gasteiger partial charge in [-0.05, 0) is 37.3 Å². The fourth-order valence-corrected chi connectivity index (χ4v) is 5.06. The number of esters is 1. The smallest absolute Gasteiger partial charge is 0.306 e. The highest BCUT2D eigenvalue weighted by molar-refractivity contribution is 5.85. The summed E-state index contributed by atoms with van der Waals surface area (Å²) in [6, 6.07) is 9.05. The van der Waals surface area contributed by atoms with Crippen molar-refractivity contribution in [3.63, 3.8) is 0 Å². The number of aromatic nitrogens is 1. The van der Waals surface area contributed by atoms with E-state index in [-0.39, 0.29) is 12.1 Å². The molecule has 120 valence electrons. The van der Waals surface area contributed by atoms with Gasteiger partial charge in [-0.15, -0.1) is 0 Å². The third-order valence-corrected chi connectivity index (χ3v) is 6.20. The molecule has 0 bridgehead atoms. The molecule has 0 radical (unpaired) electrons. The molecule has 4 nitrogen and oxygen atoms in total. The summed E-state index contributed by atoms with van der Waals surface area (Å²) in [6.45, 7) is 4.23. The molecule has 2 fully saturated rings. The van der Waals surface area contributed by atoms with Crippen molar-refractivity contribution in [2.75, 3.05) is 13.1 Å². The minimum Gasteiger partial charge on any atom is -0.462 e. The molecule has 4 atom stereocenters. The molecule has 3 aliphatic rings. The van der Waals surface area contributed by atoms with E-state index >= 15 is 0 Å². The minimum absolute atomic E-state index is 0.0140. The average Bonchev–Trinajstić information content (AvgIpc) is 2.92. The van der Waals surface area contributed by atoms with E-state index in [9.17, 15) is 4.79 Å². The number of aromatic amines is 1. The van der Waals surface area contributed by atoms with E-state index in [4.69, 9.17) is 4.74 Å². The Morgan fingerprint density at radius 3 is 3.09 bits per heavy atom. The second-order valence-corrected chi connectivity index (χ2v) is 7.38. The summed E-state index contributed by atoms with van der Waals surface area (Å²) in [4.78, 5) is 18.1. The maximum absolute atomic E-state index is 11.8. The number of ether oxygens (including phenoxy) is 1. The van der Waals surface area contributed by atoms with Crippen molar-refractivity contribution < 1.29 is 9.53 Å². The zero-order valence-corrected chi connectivity index (χ0v) is 13.4. The molecule has 4 heteroatoms. The molecule has 3 aliphatic heterocycles. The van der Waals surface area contributed by atoms with Gasteiger partial charge in [0.2, 0.25) is 0 Å². The van der Waals surface area contributed by atoms with Crippen LogP contribution in [0.1, 0.15) is 37.1 Å². The van der Waals surface area contributed by atoms with Crippen LogP contribution in [0.25, 0.3) is 10.9 Å². The van der Waals surface area contributed by atoms with Gasteiger partial charge < -0.3 is 9.72 Å². The van der Waals surface area contributed by atoms with Crippen molar-refractivity contribution >= 4 is 16.9 Å². The van der Waals surface area contributed by atoms with Crippen LogP contribution < -0.4 is 0 Å². The summed E-state index contributed by atoms with van der Waals surface area (Å²) in [5, 5.41) is 1.38. The number of nitrogens with one attached hydrogen (secondary N) is 1. The highest BCUT2D eigenvalue weighted by Crippen LogP contribution is 2.46. The average molecular weight is 310 g/mol. The molecule has 1 aromatic carbocycles. The number of carbonyl (C=O) groups excluding carboxylic acids is 1. The van der Waals surface area contributed by atoms with Crippen LogP contribution in [-0.2, 0) is 16.0 Å². The van der Waals surface area contributed by atoms with Crippen LogP contribution in [0.2, 0.25) is 0 Å². The summed E-state index contributed by atoms with van der Waals surface area (Å²) < 4.78 is 5.48. The largest absolute Gasteiger partial charge is 0.462 e. The van der Waals surface area contributed by atoms with E-state index in [0.29, 0.717) is 24.3 Å². The normalized spacial score (nSPS) is 33.7. The Hall–Kier alpha value is -1.81. The quantitative estimate of drug-likeness (QED) is 0.761. The van der Waals surface area contributed by atoms with Gasteiger partial charge in [-0.3, -0.25) is 9.69 Å². The van der Waals surface area contributed by atoms with Crippen molar-refractivity contribution in [2.24, 2.45) is 11.8 Å². The van der Waals surface area contributed by atoms with Gasteiger partial charge in [-0.1, -0.05) is 18.2 Å². The minimum atomic E-state index is -0.0140. The second-order valence-electron chi connectivity index (χ2n) is 7.38. The number of para-hydroxylation sites is 1. The first-order valence-corrected chi connectivity index (χ1v) is 8.73. The number of hydrogen-bond donors (Lipinski definition) is 1. The molecule has 1 N–H and O–H groups in total. The number of benzene rings is 1. The standard InChI is InChI=1S/C19H22N2O2/c1-11-15-10-21-7-6-14-13-4-2-3-5-16(13)20-19(14)17(21)8-12(15)9-18(22)23-11/h2-5,11-12,15,17,20H,6-10H2,1H3/t11-,12-,15-,17+/m1/s1. The molecule has 0 saturated carbocycles. The second kappa shape index (κ2) is 4.84. The number of piperidine rings is 1. The first kappa shape index (κ1) is 13.6. The molecular formula is C19H22N2O2. The summed E-state index contributed by atoms with van der Waals surface area (Å²) in [6.07, 6.45) is 2.84. The topological polar surface area (TPSA) is 45.3 Å². The molecule has 0 spiro atoms. The van der Waals surface area contributed by atoms with Crippen molar-refractivity contribution in [1.29, 1.82) is 0 Å². The number of hydrogen-bond acceptors (Lipinski definition) is 3. The van der Waals surface area contributed by atoms with E-state index in [2.05, 4.69) is 41.1 Å². The van der Waals surface area contributed by atoms with Gasteiger partial charge in [0.15, 0.2) is 0 Å². The first-order valence-electron chi connectivity index (χ1n) is 8.73. The lowest BCUT2D eigenvalue weighted by Crippen LogP contribution is -2.52. The third-order valence-electron chi connectivity index (χ3n) is 6.20. The van der Waals surface area contributed by atoms with Crippen LogP contribution in [0.3, 0.4) is 0 Å². The number of cyclic esters (lactones) is 1. The zero-order valence-electron chi connectivity index (χ0n) is 13.4. The van der Waals surface area contributed by atoms with Gasteiger partial charge in [0, 0.05) is 42.0 Å². The Morgan fingerprint density at radius 2 is 2.17 bits per heavy atom. The van der Waals surface area contributed by atoms with Crippen LogP contribution in [0.5, 0.6) is 0 Å². The lowest BCUT2D eigenvalue weighted by molar-refractivity contribution is -0.167. The van der Waals surface area contributed by atoms with E-state index < -0.39 is 0 Å². The maximum atomic E-state index is 11.8.